The van der Waals surface area contributed by atoms with Crippen LogP contribution in [-0.2, 0) is 28.5 Å². The van der Waals surface area contributed by atoms with Crippen LogP contribution in [0, 0.1) is 0 Å². The molecular formula is C23H37NO7. The molecule has 0 aliphatic carbocycles. The summed E-state index contributed by atoms with van der Waals surface area (Å²) in [5.41, 5.74) is 0.732. The summed E-state index contributed by atoms with van der Waals surface area (Å²) >= 11 is 0. The van der Waals surface area contributed by atoms with Gasteiger partial charge in [0.05, 0.1) is 39.6 Å². The van der Waals surface area contributed by atoms with Gasteiger partial charge in [-0.2, -0.15) is 0 Å². The number of esters is 1. The Morgan fingerprint density at radius 1 is 0.774 bits per heavy atom. The molecule has 1 N–H and O–H groups in total. The van der Waals surface area contributed by atoms with Gasteiger partial charge in [0.25, 0.3) is 0 Å². The van der Waals surface area contributed by atoms with E-state index in [1.54, 1.807) is 24.3 Å². The predicted molar refractivity (Wildman–Crippen MR) is 118 cm³/mol. The van der Waals surface area contributed by atoms with Gasteiger partial charge < -0.3 is 29.0 Å². The molecule has 8 nitrogen and oxygen atoms in total. The molecule has 1 aromatic carbocycles. The molecule has 176 valence electrons. The van der Waals surface area contributed by atoms with E-state index in [9.17, 15) is 9.59 Å². The lowest BCUT2D eigenvalue weighted by Crippen LogP contribution is -2.14. The summed E-state index contributed by atoms with van der Waals surface area (Å²) in [7, 11) is 0. The van der Waals surface area contributed by atoms with Crippen molar-refractivity contribution in [3.8, 4) is 5.75 Å². The molecule has 0 bridgehead atoms. The largest absolute Gasteiger partial charge is 0.491 e. The van der Waals surface area contributed by atoms with Gasteiger partial charge in [0, 0.05) is 19.0 Å². The lowest BCUT2D eigenvalue weighted by molar-refractivity contribution is -0.145. The molecule has 0 atom stereocenters. The average molecular weight is 440 g/mol. The molecule has 0 radical (unpaired) electrons. The van der Waals surface area contributed by atoms with E-state index < -0.39 is 0 Å². The van der Waals surface area contributed by atoms with Crippen molar-refractivity contribution < 1.29 is 33.3 Å². The molecule has 31 heavy (non-hydrogen) atoms. The molecule has 1 aromatic rings. The van der Waals surface area contributed by atoms with Gasteiger partial charge in [-0.3, -0.25) is 9.59 Å². The second-order valence-corrected chi connectivity index (χ2v) is 6.92. The topological polar surface area (TPSA) is 92.3 Å². The number of rotatable bonds is 19. The normalized spacial score (nSPS) is 10.6. The lowest BCUT2D eigenvalue weighted by Gasteiger charge is -2.09. The number of carbonyl (C=O) groups is 2. The third-order valence-electron chi connectivity index (χ3n) is 4.14. The molecule has 0 spiro atoms. The Labute approximate surface area is 185 Å². The van der Waals surface area contributed by atoms with Crippen molar-refractivity contribution in [1.82, 2.24) is 0 Å². The van der Waals surface area contributed by atoms with E-state index in [1.807, 2.05) is 0 Å². The van der Waals surface area contributed by atoms with Crippen LogP contribution in [-0.4, -0.2) is 64.7 Å². The van der Waals surface area contributed by atoms with Crippen LogP contribution in [0.25, 0.3) is 0 Å². The minimum Gasteiger partial charge on any atom is -0.491 e. The maximum absolute atomic E-state index is 11.5. The van der Waals surface area contributed by atoms with Crippen LogP contribution in [0.5, 0.6) is 5.75 Å². The van der Waals surface area contributed by atoms with Gasteiger partial charge in [-0.15, -0.1) is 0 Å². The summed E-state index contributed by atoms with van der Waals surface area (Å²) in [6.45, 7) is 7.02. The Morgan fingerprint density at radius 2 is 1.35 bits per heavy atom. The average Bonchev–Trinajstić information content (AvgIpc) is 2.75. The molecule has 1 amide bonds. The zero-order valence-electron chi connectivity index (χ0n) is 18.9. The number of carbonyl (C=O) groups excluding carboxylic acids is 2. The minimum absolute atomic E-state index is 0.107. The summed E-state index contributed by atoms with van der Waals surface area (Å²) in [6.07, 6.45) is 4.77. The third kappa shape index (κ3) is 16.2. The smallest absolute Gasteiger partial charge is 0.305 e. The van der Waals surface area contributed by atoms with Crippen LogP contribution >= 0.6 is 0 Å². The highest BCUT2D eigenvalue weighted by Gasteiger charge is 2.02. The van der Waals surface area contributed by atoms with Gasteiger partial charge in [-0.05, 0) is 30.7 Å². The molecule has 0 aliphatic rings. The van der Waals surface area contributed by atoms with Crippen molar-refractivity contribution in [2.45, 2.75) is 46.0 Å². The molecule has 0 saturated carbocycles. The second kappa shape index (κ2) is 18.6. The van der Waals surface area contributed by atoms with Crippen LogP contribution in [0.2, 0.25) is 0 Å². The number of anilines is 1. The fraction of sp³-hybridized carbons (Fsp3) is 0.652. The zero-order valence-corrected chi connectivity index (χ0v) is 18.9. The minimum atomic E-state index is -0.154. The van der Waals surface area contributed by atoms with E-state index in [-0.39, 0.29) is 18.5 Å². The lowest BCUT2D eigenvalue weighted by atomic mass is 10.2. The molecule has 0 fully saturated rings. The van der Waals surface area contributed by atoms with Crippen LogP contribution in [0.15, 0.2) is 24.3 Å². The van der Waals surface area contributed by atoms with Crippen molar-refractivity contribution in [3.63, 3.8) is 0 Å². The molecule has 8 heteroatoms. The van der Waals surface area contributed by atoms with E-state index in [0.717, 1.165) is 31.4 Å². The Hall–Kier alpha value is -2.16. The first-order chi connectivity index (χ1) is 15.1. The first-order valence-corrected chi connectivity index (χ1v) is 11.0. The van der Waals surface area contributed by atoms with Crippen molar-refractivity contribution in [2.75, 3.05) is 58.2 Å². The summed E-state index contributed by atoms with van der Waals surface area (Å²) in [6, 6.07) is 7.16. The Bertz CT molecular complexity index is 592. The Morgan fingerprint density at radius 3 is 1.94 bits per heavy atom. The van der Waals surface area contributed by atoms with Gasteiger partial charge in [-0.25, -0.2) is 0 Å². The van der Waals surface area contributed by atoms with E-state index in [0.29, 0.717) is 58.4 Å². The quantitative estimate of drug-likeness (QED) is 0.260. The van der Waals surface area contributed by atoms with Gasteiger partial charge in [0.2, 0.25) is 5.91 Å². The molecule has 0 aromatic heterocycles. The van der Waals surface area contributed by atoms with Gasteiger partial charge in [0.15, 0.2) is 0 Å². The van der Waals surface area contributed by atoms with Gasteiger partial charge in [-0.1, -0.05) is 26.2 Å². The van der Waals surface area contributed by atoms with E-state index in [1.165, 1.54) is 6.92 Å². The molecule has 0 heterocycles. The molecule has 0 unspecified atom stereocenters. The van der Waals surface area contributed by atoms with Crippen molar-refractivity contribution in [1.29, 1.82) is 0 Å². The Kier molecular flexibility index (Phi) is 16.1. The van der Waals surface area contributed by atoms with Gasteiger partial charge in [0.1, 0.15) is 19.0 Å². The van der Waals surface area contributed by atoms with E-state index in [4.69, 9.17) is 23.7 Å². The Balaban J connectivity index is 1.83. The molecule has 0 aliphatic heterocycles. The van der Waals surface area contributed by atoms with Crippen molar-refractivity contribution >= 4 is 17.6 Å². The molecule has 1 rings (SSSR count). The monoisotopic (exact) mass is 439 g/mol. The number of unbranched alkanes of at least 4 members (excludes halogenated alkanes) is 3. The summed E-state index contributed by atoms with van der Waals surface area (Å²) in [5.74, 6) is 0.456. The highest BCUT2D eigenvalue weighted by atomic mass is 16.6. The molecular weight excluding hydrogens is 402 g/mol. The number of benzene rings is 1. The maximum Gasteiger partial charge on any atom is 0.305 e. The summed E-state index contributed by atoms with van der Waals surface area (Å²) in [4.78, 5) is 22.4. The number of nitrogens with one attached hydrogen (secondary N) is 1. The number of ether oxygens (including phenoxy) is 5. The first-order valence-electron chi connectivity index (χ1n) is 11.0. The van der Waals surface area contributed by atoms with Gasteiger partial charge >= 0.3 is 5.97 Å². The molecule has 0 saturated heterocycles. The predicted octanol–water partition coefficient (Wildman–Crippen LogP) is 3.59. The zero-order chi connectivity index (χ0) is 22.6. The fourth-order valence-electron chi connectivity index (χ4n) is 2.58. The highest BCUT2D eigenvalue weighted by molar-refractivity contribution is 5.88. The van der Waals surface area contributed by atoms with E-state index >= 15 is 0 Å². The fourth-order valence-corrected chi connectivity index (χ4v) is 2.58. The maximum atomic E-state index is 11.5. The third-order valence-corrected chi connectivity index (χ3v) is 4.14. The standard InChI is InChI=1S/C23H37NO7/c1-3-4-5-6-7-23(26)31-19-17-29-15-13-27-12-14-28-16-18-30-22-10-8-21(9-11-22)24-20(2)25/h8-11H,3-7,12-19H2,1-2H3,(H,24,25). The van der Waals surface area contributed by atoms with Crippen LogP contribution < -0.4 is 10.1 Å². The number of amides is 1. The van der Waals surface area contributed by atoms with Crippen molar-refractivity contribution in [2.24, 2.45) is 0 Å². The summed E-state index contributed by atoms with van der Waals surface area (Å²) in [5, 5.41) is 2.70. The first kappa shape index (κ1) is 26.9. The summed E-state index contributed by atoms with van der Waals surface area (Å²) < 4.78 is 26.9. The second-order valence-electron chi connectivity index (χ2n) is 6.92. The van der Waals surface area contributed by atoms with Crippen LogP contribution in [0.4, 0.5) is 5.69 Å². The van der Waals surface area contributed by atoms with E-state index in [2.05, 4.69) is 12.2 Å². The number of hydrogen-bond acceptors (Lipinski definition) is 7. The number of hydrogen-bond donors (Lipinski definition) is 1. The van der Waals surface area contributed by atoms with Crippen molar-refractivity contribution in [3.05, 3.63) is 24.3 Å². The van der Waals surface area contributed by atoms with Crippen LogP contribution in [0.3, 0.4) is 0 Å². The SMILES string of the molecule is CCCCCCC(=O)OCCOCCOCCOCCOc1ccc(NC(C)=O)cc1. The van der Waals surface area contributed by atoms with Crippen LogP contribution in [0.1, 0.15) is 46.0 Å². The highest BCUT2D eigenvalue weighted by Crippen LogP contribution is 2.15.